The molecule has 5 nitrogen and oxygen atoms in total. The summed E-state index contributed by atoms with van der Waals surface area (Å²) in [7, 11) is 0. The standard InChI is InChI=1S/C9H7NO4/c11-9(12)8-3-1-2-7(6-8)4-5-10(13)14/h1-6H,(H,11,12)/b5-4-. The van der Waals surface area contributed by atoms with Crippen LogP contribution in [0.15, 0.2) is 30.5 Å². The molecule has 0 aliphatic carbocycles. The van der Waals surface area contributed by atoms with Gasteiger partial charge >= 0.3 is 5.97 Å². The van der Waals surface area contributed by atoms with Crippen LogP contribution < -0.4 is 0 Å². The summed E-state index contributed by atoms with van der Waals surface area (Å²) in [5, 5.41) is 18.6. The minimum absolute atomic E-state index is 0.107. The Bertz CT molecular complexity index is 398. The zero-order chi connectivity index (χ0) is 10.6. The van der Waals surface area contributed by atoms with Gasteiger partial charge < -0.3 is 5.11 Å². The summed E-state index contributed by atoms with van der Waals surface area (Å²) >= 11 is 0. The van der Waals surface area contributed by atoms with Crippen LogP contribution in [-0.2, 0) is 0 Å². The fourth-order valence-corrected chi connectivity index (χ4v) is 0.922. The van der Waals surface area contributed by atoms with Crippen molar-refractivity contribution >= 4 is 12.0 Å². The van der Waals surface area contributed by atoms with Crippen LogP contribution in [0.5, 0.6) is 0 Å². The Morgan fingerprint density at radius 2 is 2.21 bits per heavy atom. The fourth-order valence-electron chi connectivity index (χ4n) is 0.922. The minimum atomic E-state index is -1.05. The summed E-state index contributed by atoms with van der Waals surface area (Å²) < 4.78 is 0. The van der Waals surface area contributed by atoms with E-state index in [9.17, 15) is 14.9 Å². The van der Waals surface area contributed by atoms with Crippen LogP contribution in [0.4, 0.5) is 0 Å². The zero-order valence-corrected chi connectivity index (χ0v) is 7.08. The number of carbonyl (C=O) groups is 1. The van der Waals surface area contributed by atoms with Gasteiger partial charge in [0.25, 0.3) is 0 Å². The maximum absolute atomic E-state index is 10.5. The number of hydrogen-bond acceptors (Lipinski definition) is 3. The number of nitrogens with zero attached hydrogens (tertiary/aromatic N) is 1. The summed E-state index contributed by atoms with van der Waals surface area (Å²) in [6.07, 6.45) is 2.01. The van der Waals surface area contributed by atoms with Crippen LogP contribution in [0.3, 0.4) is 0 Å². The van der Waals surface area contributed by atoms with Crippen LogP contribution in [0.1, 0.15) is 15.9 Å². The molecule has 0 atom stereocenters. The normalized spacial score (nSPS) is 10.3. The molecule has 0 amide bonds. The van der Waals surface area contributed by atoms with Crippen molar-refractivity contribution in [2.45, 2.75) is 0 Å². The van der Waals surface area contributed by atoms with Gasteiger partial charge in [-0.25, -0.2) is 4.79 Å². The predicted molar refractivity (Wildman–Crippen MR) is 49.4 cm³/mol. The Labute approximate surface area is 79.4 Å². The molecule has 1 N–H and O–H groups in total. The molecule has 5 heteroatoms. The molecule has 1 aromatic carbocycles. The minimum Gasteiger partial charge on any atom is -0.478 e. The first kappa shape index (κ1) is 9.91. The van der Waals surface area contributed by atoms with Crippen LogP contribution >= 0.6 is 0 Å². The second kappa shape index (κ2) is 4.18. The molecule has 0 spiro atoms. The van der Waals surface area contributed by atoms with Gasteiger partial charge in [-0.1, -0.05) is 12.1 Å². The van der Waals surface area contributed by atoms with E-state index in [1.807, 2.05) is 0 Å². The van der Waals surface area contributed by atoms with Gasteiger partial charge in [-0.15, -0.1) is 0 Å². The lowest BCUT2D eigenvalue weighted by Gasteiger charge is -1.94. The van der Waals surface area contributed by atoms with E-state index in [0.717, 1.165) is 6.20 Å². The fraction of sp³-hybridized carbons (Fsp3) is 0. The van der Waals surface area contributed by atoms with Crippen molar-refractivity contribution in [3.05, 3.63) is 51.7 Å². The molecule has 0 aliphatic heterocycles. The Balaban J connectivity index is 2.94. The second-order valence-electron chi connectivity index (χ2n) is 2.53. The zero-order valence-electron chi connectivity index (χ0n) is 7.08. The van der Waals surface area contributed by atoms with Gasteiger partial charge in [0.2, 0.25) is 6.20 Å². The Kier molecular flexibility index (Phi) is 2.96. The average Bonchev–Trinajstić information content (AvgIpc) is 2.15. The molecule has 0 aromatic heterocycles. The quantitative estimate of drug-likeness (QED) is 0.584. The topological polar surface area (TPSA) is 80.4 Å². The molecule has 0 heterocycles. The molecular formula is C9H7NO4. The third-order valence-corrected chi connectivity index (χ3v) is 1.52. The number of carboxylic acid groups (broad SMARTS) is 1. The molecule has 72 valence electrons. The van der Waals surface area contributed by atoms with Gasteiger partial charge in [0.1, 0.15) is 0 Å². The van der Waals surface area contributed by atoms with E-state index in [4.69, 9.17) is 5.11 Å². The lowest BCUT2D eigenvalue weighted by atomic mass is 10.1. The van der Waals surface area contributed by atoms with Crippen molar-refractivity contribution in [1.82, 2.24) is 0 Å². The van der Waals surface area contributed by atoms with Crippen molar-refractivity contribution in [2.24, 2.45) is 0 Å². The van der Waals surface area contributed by atoms with Crippen LogP contribution in [0, 0.1) is 10.1 Å². The summed E-state index contributed by atoms with van der Waals surface area (Å²) in [6.45, 7) is 0. The SMILES string of the molecule is O=C(O)c1cccc(/C=C\[N+](=O)[O-])c1. The largest absolute Gasteiger partial charge is 0.478 e. The number of carboxylic acids is 1. The molecule has 1 rings (SSSR count). The van der Waals surface area contributed by atoms with Crippen LogP contribution in [0.25, 0.3) is 6.08 Å². The predicted octanol–water partition coefficient (Wildman–Crippen LogP) is 1.63. The van der Waals surface area contributed by atoms with Crippen LogP contribution in [0.2, 0.25) is 0 Å². The van der Waals surface area contributed by atoms with E-state index in [2.05, 4.69) is 0 Å². The Hall–Kier alpha value is -2.17. The van der Waals surface area contributed by atoms with E-state index in [-0.39, 0.29) is 5.56 Å². The molecule has 14 heavy (non-hydrogen) atoms. The van der Waals surface area contributed by atoms with Crippen LogP contribution in [-0.4, -0.2) is 16.0 Å². The maximum atomic E-state index is 10.5. The van der Waals surface area contributed by atoms with Gasteiger partial charge in [-0.2, -0.15) is 0 Å². The van der Waals surface area contributed by atoms with Crippen molar-refractivity contribution in [2.75, 3.05) is 0 Å². The number of benzene rings is 1. The van der Waals surface area contributed by atoms with Gasteiger partial charge in [0, 0.05) is 6.08 Å². The molecule has 0 fully saturated rings. The van der Waals surface area contributed by atoms with Crippen molar-refractivity contribution in [3.8, 4) is 0 Å². The highest BCUT2D eigenvalue weighted by molar-refractivity contribution is 5.88. The molecule has 0 saturated heterocycles. The number of nitro groups is 1. The maximum Gasteiger partial charge on any atom is 0.335 e. The summed E-state index contributed by atoms with van der Waals surface area (Å²) in [5.74, 6) is -1.05. The van der Waals surface area contributed by atoms with Crippen molar-refractivity contribution in [3.63, 3.8) is 0 Å². The molecule has 0 radical (unpaired) electrons. The van der Waals surface area contributed by atoms with E-state index in [1.54, 1.807) is 6.07 Å². The summed E-state index contributed by atoms with van der Waals surface area (Å²) in [6, 6.07) is 5.91. The first-order valence-corrected chi connectivity index (χ1v) is 3.74. The number of aromatic carboxylic acids is 1. The lowest BCUT2D eigenvalue weighted by molar-refractivity contribution is -0.400. The first-order valence-electron chi connectivity index (χ1n) is 3.74. The highest BCUT2D eigenvalue weighted by Gasteiger charge is 2.01. The van der Waals surface area contributed by atoms with Crippen molar-refractivity contribution in [1.29, 1.82) is 0 Å². The van der Waals surface area contributed by atoms with E-state index < -0.39 is 10.9 Å². The summed E-state index contributed by atoms with van der Waals surface area (Å²) in [4.78, 5) is 19.9. The Morgan fingerprint density at radius 1 is 1.50 bits per heavy atom. The highest BCUT2D eigenvalue weighted by Crippen LogP contribution is 2.06. The average molecular weight is 193 g/mol. The van der Waals surface area contributed by atoms with E-state index in [1.165, 1.54) is 24.3 Å². The van der Waals surface area contributed by atoms with Crippen molar-refractivity contribution < 1.29 is 14.8 Å². The monoisotopic (exact) mass is 193 g/mol. The second-order valence-corrected chi connectivity index (χ2v) is 2.53. The third-order valence-electron chi connectivity index (χ3n) is 1.52. The molecular weight excluding hydrogens is 186 g/mol. The molecule has 0 bridgehead atoms. The number of rotatable bonds is 3. The van der Waals surface area contributed by atoms with E-state index >= 15 is 0 Å². The molecule has 0 saturated carbocycles. The lowest BCUT2D eigenvalue weighted by Crippen LogP contribution is -1.95. The third kappa shape index (κ3) is 2.71. The van der Waals surface area contributed by atoms with Gasteiger partial charge in [-0.3, -0.25) is 10.1 Å². The molecule has 0 unspecified atom stereocenters. The number of hydrogen-bond donors (Lipinski definition) is 1. The molecule has 1 aromatic rings. The Morgan fingerprint density at radius 3 is 2.79 bits per heavy atom. The van der Waals surface area contributed by atoms with E-state index in [0.29, 0.717) is 5.56 Å². The molecule has 0 aliphatic rings. The highest BCUT2D eigenvalue weighted by atomic mass is 16.6. The van der Waals surface area contributed by atoms with Gasteiger partial charge in [0.15, 0.2) is 0 Å². The van der Waals surface area contributed by atoms with Gasteiger partial charge in [-0.05, 0) is 17.7 Å². The first-order chi connectivity index (χ1) is 6.59. The smallest absolute Gasteiger partial charge is 0.335 e. The van der Waals surface area contributed by atoms with Gasteiger partial charge in [0.05, 0.1) is 10.5 Å². The summed E-state index contributed by atoms with van der Waals surface area (Å²) in [5.41, 5.74) is 0.595.